The topological polar surface area (TPSA) is 99.7 Å². The maximum absolute atomic E-state index is 12.3. The van der Waals surface area contributed by atoms with Gasteiger partial charge in [0.05, 0.1) is 24.8 Å². The lowest BCUT2D eigenvalue weighted by atomic mass is 10.1. The van der Waals surface area contributed by atoms with Crippen molar-refractivity contribution in [3.05, 3.63) is 52.5 Å². The van der Waals surface area contributed by atoms with Gasteiger partial charge in [0.1, 0.15) is 0 Å². The number of hydrogen-bond donors (Lipinski definition) is 2. The SMILES string of the molecule is COc1ccc(CCNC(=O)c2cc(NS(=O)[O-])ccc2Cl)cc1OC. The molecule has 9 heteroatoms. The number of methoxy groups -OCH3 is 2. The molecule has 0 aromatic heterocycles. The highest BCUT2D eigenvalue weighted by atomic mass is 35.5. The number of carbonyl (C=O) groups is 1. The van der Waals surface area contributed by atoms with Gasteiger partial charge < -0.3 is 24.1 Å². The van der Waals surface area contributed by atoms with Crippen molar-refractivity contribution in [3.63, 3.8) is 0 Å². The van der Waals surface area contributed by atoms with Crippen LogP contribution in [-0.4, -0.2) is 35.4 Å². The average Bonchev–Trinajstić information content (AvgIpc) is 2.62. The maximum atomic E-state index is 12.3. The number of anilines is 1. The third-order valence-electron chi connectivity index (χ3n) is 3.56. The molecule has 0 heterocycles. The molecule has 0 aliphatic rings. The molecule has 0 saturated heterocycles. The number of halogens is 1. The molecule has 1 atom stereocenters. The van der Waals surface area contributed by atoms with E-state index in [1.54, 1.807) is 20.3 Å². The second kappa shape index (κ2) is 9.42. The molecule has 140 valence electrons. The Morgan fingerprint density at radius 1 is 1.15 bits per heavy atom. The second-order valence-electron chi connectivity index (χ2n) is 5.23. The summed E-state index contributed by atoms with van der Waals surface area (Å²) in [6.45, 7) is 0.371. The molecule has 0 fully saturated rings. The van der Waals surface area contributed by atoms with E-state index in [2.05, 4.69) is 10.0 Å². The molecule has 2 aromatic rings. The van der Waals surface area contributed by atoms with E-state index in [4.69, 9.17) is 21.1 Å². The summed E-state index contributed by atoms with van der Waals surface area (Å²) >= 11 is 3.55. The number of rotatable bonds is 8. The highest BCUT2D eigenvalue weighted by Gasteiger charge is 2.11. The van der Waals surface area contributed by atoms with Gasteiger partial charge in [-0.2, -0.15) is 0 Å². The van der Waals surface area contributed by atoms with E-state index in [1.807, 2.05) is 12.1 Å². The Morgan fingerprint density at radius 2 is 1.88 bits per heavy atom. The molecule has 0 aliphatic heterocycles. The largest absolute Gasteiger partial charge is 0.755 e. The highest BCUT2D eigenvalue weighted by Crippen LogP contribution is 2.27. The smallest absolute Gasteiger partial charge is 0.252 e. The van der Waals surface area contributed by atoms with Crippen LogP contribution in [0.15, 0.2) is 36.4 Å². The third-order valence-corrected chi connectivity index (χ3v) is 4.29. The minimum Gasteiger partial charge on any atom is -0.755 e. The lowest BCUT2D eigenvalue weighted by Crippen LogP contribution is -2.26. The molecule has 0 radical (unpaired) electrons. The molecule has 0 bridgehead atoms. The molecular weight excluding hydrogens is 380 g/mol. The van der Waals surface area contributed by atoms with E-state index < -0.39 is 17.2 Å². The standard InChI is InChI=1S/C17H19ClN2O5S/c1-24-15-6-3-11(9-16(15)25-2)7-8-19-17(21)13-10-12(20-26(22)23)4-5-14(13)18/h3-6,9-10,20H,7-8H2,1-2H3,(H,19,21)(H,22,23)/p-1. The van der Waals surface area contributed by atoms with Crippen molar-refractivity contribution >= 4 is 34.5 Å². The molecule has 2 rings (SSSR count). The van der Waals surface area contributed by atoms with Gasteiger partial charge in [-0.25, -0.2) is 0 Å². The quantitative estimate of drug-likeness (QED) is 0.667. The zero-order valence-corrected chi connectivity index (χ0v) is 15.8. The Kier molecular flexibility index (Phi) is 7.26. The summed E-state index contributed by atoms with van der Waals surface area (Å²) in [5, 5.41) is 2.99. The van der Waals surface area contributed by atoms with Crippen LogP contribution in [0.1, 0.15) is 15.9 Å². The van der Waals surface area contributed by atoms with Crippen molar-refractivity contribution in [1.82, 2.24) is 5.32 Å². The van der Waals surface area contributed by atoms with E-state index in [0.29, 0.717) is 24.5 Å². The van der Waals surface area contributed by atoms with Gasteiger partial charge in [0.2, 0.25) is 0 Å². The van der Waals surface area contributed by atoms with E-state index in [-0.39, 0.29) is 16.3 Å². The van der Waals surface area contributed by atoms with Crippen LogP contribution in [0.5, 0.6) is 11.5 Å². The normalized spacial score (nSPS) is 11.5. The second-order valence-corrected chi connectivity index (χ2v) is 6.31. The van der Waals surface area contributed by atoms with Crippen LogP contribution in [0.2, 0.25) is 5.02 Å². The predicted octanol–water partition coefficient (Wildman–Crippen LogP) is 2.54. The minimum atomic E-state index is -2.48. The van der Waals surface area contributed by atoms with E-state index >= 15 is 0 Å². The van der Waals surface area contributed by atoms with Crippen LogP contribution in [0.25, 0.3) is 0 Å². The first-order valence-corrected chi connectivity index (χ1v) is 9.04. The molecule has 0 saturated carbocycles. The van der Waals surface area contributed by atoms with Gasteiger partial charge in [-0.1, -0.05) is 17.7 Å². The molecule has 0 aliphatic carbocycles. The molecule has 2 N–H and O–H groups in total. The Balaban J connectivity index is 2.00. The summed E-state index contributed by atoms with van der Waals surface area (Å²) in [6.07, 6.45) is 0.576. The summed E-state index contributed by atoms with van der Waals surface area (Å²) in [5.41, 5.74) is 1.41. The Bertz CT molecular complexity index is 816. The van der Waals surface area contributed by atoms with E-state index in [1.165, 1.54) is 18.2 Å². The summed E-state index contributed by atoms with van der Waals surface area (Å²) in [6, 6.07) is 9.83. The van der Waals surface area contributed by atoms with Crippen LogP contribution < -0.4 is 19.5 Å². The van der Waals surface area contributed by atoms with Crippen LogP contribution in [0.4, 0.5) is 5.69 Å². The van der Waals surface area contributed by atoms with Gasteiger partial charge in [-0.15, -0.1) is 0 Å². The van der Waals surface area contributed by atoms with Gasteiger partial charge >= 0.3 is 0 Å². The molecular formula is C17H18ClN2O5S-. The molecule has 2 aromatic carbocycles. The molecule has 0 spiro atoms. The van der Waals surface area contributed by atoms with Crippen molar-refractivity contribution in [3.8, 4) is 11.5 Å². The van der Waals surface area contributed by atoms with Crippen molar-refractivity contribution in [1.29, 1.82) is 0 Å². The highest BCUT2D eigenvalue weighted by molar-refractivity contribution is 7.80. The number of nitrogens with one attached hydrogen (secondary N) is 2. The van der Waals surface area contributed by atoms with Crippen molar-refractivity contribution in [2.75, 3.05) is 25.5 Å². The average molecular weight is 398 g/mol. The van der Waals surface area contributed by atoms with Crippen molar-refractivity contribution in [2.24, 2.45) is 0 Å². The first-order valence-electron chi connectivity index (χ1n) is 7.59. The van der Waals surface area contributed by atoms with Crippen LogP contribution in [0.3, 0.4) is 0 Å². The van der Waals surface area contributed by atoms with Crippen LogP contribution in [-0.2, 0) is 17.7 Å². The van der Waals surface area contributed by atoms with Crippen molar-refractivity contribution in [2.45, 2.75) is 6.42 Å². The Labute approximate surface area is 159 Å². The van der Waals surface area contributed by atoms with Gasteiger partial charge in [0.25, 0.3) is 5.91 Å². The van der Waals surface area contributed by atoms with Crippen LogP contribution >= 0.6 is 11.6 Å². The number of hydrogen-bond acceptors (Lipinski definition) is 5. The monoisotopic (exact) mass is 397 g/mol. The number of ether oxygens (including phenoxy) is 2. The minimum absolute atomic E-state index is 0.189. The summed E-state index contributed by atoms with van der Waals surface area (Å²) < 4.78 is 34.0. The fourth-order valence-corrected chi connectivity index (χ4v) is 2.83. The van der Waals surface area contributed by atoms with Gasteiger partial charge in [-0.05, 0) is 42.3 Å². The van der Waals surface area contributed by atoms with E-state index in [9.17, 15) is 13.6 Å². The fraction of sp³-hybridized carbons (Fsp3) is 0.235. The Morgan fingerprint density at radius 3 is 2.54 bits per heavy atom. The fourth-order valence-electron chi connectivity index (χ4n) is 2.31. The van der Waals surface area contributed by atoms with Crippen molar-refractivity contribution < 1.29 is 23.0 Å². The zero-order valence-electron chi connectivity index (χ0n) is 14.2. The lowest BCUT2D eigenvalue weighted by Gasteiger charge is -2.12. The lowest BCUT2D eigenvalue weighted by molar-refractivity contribution is 0.0954. The maximum Gasteiger partial charge on any atom is 0.252 e. The Hall–Kier alpha value is -2.29. The van der Waals surface area contributed by atoms with Gasteiger partial charge in [0.15, 0.2) is 11.5 Å². The molecule has 1 unspecified atom stereocenters. The van der Waals surface area contributed by atoms with E-state index in [0.717, 1.165) is 5.56 Å². The molecule has 7 nitrogen and oxygen atoms in total. The summed E-state index contributed by atoms with van der Waals surface area (Å²) in [5.74, 6) is 0.853. The number of carbonyl (C=O) groups excluding carboxylic acids is 1. The van der Waals surface area contributed by atoms with Gasteiger partial charge in [0, 0.05) is 23.5 Å². The molecule has 1 amide bonds. The summed E-state index contributed by atoms with van der Waals surface area (Å²) in [4.78, 5) is 12.3. The van der Waals surface area contributed by atoms with Crippen LogP contribution in [0, 0.1) is 0 Å². The number of benzene rings is 2. The zero-order chi connectivity index (χ0) is 19.1. The summed E-state index contributed by atoms with van der Waals surface area (Å²) in [7, 11) is 3.12. The third kappa shape index (κ3) is 5.35. The molecule has 26 heavy (non-hydrogen) atoms. The number of amides is 1. The van der Waals surface area contributed by atoms with Gasteiger partial charge in [-0.3, -0.25) is 9.00 Å². The first-order chi connectivity index (χ1) is 12.4. The predicted molar refractivity (Wildman–Crippen MR) is 99.6 cm³/mol. The first kappa shape index (κ1) is 20.0.